The van der Waals surface area contributed by atoms with Gasteiger partial charge in [-0.25, -0.2) is 9.18 Å². The first-order chi connectivity index (χ1) is 13.1. The highest BCUT2D eigenvalue weighted by molar-refractivity contribution is 6.01. The molecule has 2 aliphatic heterocycles. The van der Waals surface area contributed by atoms with Crippen molar-refractivity contribution in [3.8, 4) is 0 Å². The van der Waals surface area contributed by atoms with E-state index in [0.717, 1.165) is 0 Å². The van der Waals surface area contributed by atoms with Crippen LogP contribution in [0.4, 0.5) is 9.18 Å². The first-order valence-electron chi connectivity index (χ1n) is 8.57. The van der Waals surface area contributed by atoms with Crippen molar-refractivity contribution in [3.05, 3.63) is 83.7 Å². The number of urea groups is 1. The number of carbonyl (C=O) groups excluding carboxylic acids is 2. The third kappa shape index (κ3) is 3.01. The average Bonchev–Trinajstić information content (AvgIpc) is 3.27. The Labute approximate surface area is 155 Å². The maximum atomic E-state index is 13.3. The van der Waals surface area contributed by atoms with Gasteiger partial charge in [0.25, 0.3) is 5.91 Å². The number of carbonyl (C=O) groups is 2. The van der Waals surface area contributed by atoms with Crippen molar-refractivity contribution in [2.24, 2.45) is 0 Å². The van der Waals surface area contributed by atoms with Gasteiger partial charge in [0.1, 0.15) is 11.6 Å². The molecule has 27 heavy (non-hydrogen) atoms. The molecule has 0 aliphatic carbocycles. The molecule has 2 aromatic rings. The van der Waals surface area contributed by atoms with Gasteiger partial charge in [0.2, 0.25) is 0 Å². The third-order valence-corrected chi connectivity index (χ3v) is 4.74. The number of rotatable bonds is 5. The first kappa shape index (κ1) is 17.1. The standard InChI is InChI=1S/C20H18FN3O3/c1-2-9-24-16-12-23(11-15-4-3-10-27-15)19(25)17(16)18(22-20(24)26)13-5-7-14(21)8-6-13/h2-8,10,18H,1,9,11-12H2,(H,22,26)/t18-/m0/s1. The molecule has 4 rings (SSSR count). The van der Waals surface area contributed by atoms with Gasteiger partial charge in [0, 0.05) is 6.54 Å². The summed E-state index contributed by atoms with van der Waals surface area (Å²) in [6, 6.07) is 8.42. The Morgan fingerprint density at radius 1 is 1.26 bits per heavy atom. The van der Waals surface area contributed by atoms with E-state index in [-0.39, 0.29) is 17.8 Å². The molecule has 138 valence electrons. The summed E-state index contributed by atoms with van der Waals surface area (Å²) in [5.41, 5.74) is 1.79. The summed E-state index contributed by atoms with van der Waals surface area (Å²) in [5, 5.41) is 2.86. The van der Waals surface area contributed by atoms with E-state index in [9.17, 15) is 14.0 Å². The minimum absolute atomic E-state index is 0.176. The zero-order chi connectivity index (χ0) is 19.0. The lowest BCUT2D eigenvalue weighted by molar-refractivity contribution is -0.126. The highest BCUT2D eigenvalue weighted by Gasteiger charge is 2.43. The molecule has 6 nitrogen and oxygen atoms in total. The zero-order valence-electron chi connectivity index (χ0n) is 14.5. The third-order valence-electron chi connectivity index (χ3n) is 4.74. The molecule has 1 aromatic heterocycles. The van der Waals surface area contributed by atoms with Crippen LogP contribution in [0, 0.1) is 5.82 Å². The van der Waals surface area contributed by atoms with Gasteiger partial charge in [-0.3, -0.25) is 9.69 Å². The minimum Gasteiger partial charge on any atom is -0.467 e. The second kappa shape index (κ2) is 6.75. The number of amides is 3. The molecule has 0 unspecified atom stereocenters. The van der Waals surface area contributed by atoms with Crippen molar-refractivity contribution in [1.29, 1.82) is 0 Å². The van der Waals surface area contributed by atoms with Crippen molar-refractivity contribution in [2.75, 3.05) is 13.1 Å². The van der Waals surface area contributed by atoms with Crippen molar-refractivity contribution in [1.82, 2.24) is 15.1 Å². The number of nitrogens with zero attached hydrogens (tertiary/aromatic N) is 2. The van der Waals surface area contributed by atoms with E-state index >= 15 is 0 Å². The van der Waals surface area contributed by atoms with Crippen LogP contribution < -0.4 is 5.32 Å². The second-order valence-corrected chi connectivity index (χ2v) is 6.43. The van der Waals surface area contributed by atoms with E-state index in [1.807, 2.05) is 0 Å². The van der Waals surface area contributed by atoms with E-state index in [1.165, 1.54) is 17.0 Å². The van der Waals surface area contributed by atoms with Crippen LogP contribution in [0.5, 0.6) is 0 Å². The van der Waals surface area contributed by atoms with Crippen LogP contribution in [0.2, 0.25) is 0 Å². The van der Waals surface area contributed by atoms with E-state index < -0.39 is 6.04 Å². The Bertz CT molecular complexity index is 918. The summed E-state index contributed by atoms with van der Waals surface area (Å²) in [5.74, 6) is 0.112. The Balaban J connectivity index is 1.72. The van der Waals surface area contributed by atoms with Crippen molar-refractivity contribution < 1.29 is 18.4 Å². The van der Waals surface area contributed by atoms with Gasteiger partial charge in [-0.05, 0) is 29.8 Å². The maximum absolute atomic E-state index is 13.3. The second-order valence-electron chi connectivity index (χ2n) is 6.43. The van der Waals surface area contributed by atoms with Gasteiger partial charge in [0.15, 0.2) is 0 Å². The lowest BCUT2D eigenvalue weighted by atomic mass is 9.95. The molecule has 7 heteroatoms. The summed E-state index contributed by atoms with van der Waals surface area (Å²) < 4.78 is 18.7. The first-order valence-corrected chi connectivity index (χ1v) is 8.57. The Hall–Kier alpha value is -3.35. The molecule has 0 fully saturated rings. The van der Waals surface area contributed by atoms with E-state index in [0.29, 0.717) is 42.2 Å². The van der Waals surface area contributed by atoms with Crippen molar-refractivity contribution >= 4 is 11.9 Å². The SMILES string of the molecule is C=CCN1C(=O)N[C@@H](c2ccc(F)cc2)C2=C1CN(Cc1ccco1)C2=O. The predicted molar refractivity (Wildman–Crippen MR) is 95.7 cm³/mol. The zero-order valence-corrected chi connectivity index (χ0v) is 14.5. The number of hydrogen-bond donors (Lipinski definition) is 1. The van der Waals surface area contributed by atoms with Crippen molar-refractivity contribution in [2.45, 2.75) is 12.6 Å². The van der Waals surface area contributed by atoms with Gasteiger partial charge in [-0.1, -0.05) is 18.2 Å². The average molecular weight is 367 g/mol. The van der Waals surface area contributed by atoms with Gasteiger partial charge in [-0.15, -0.1) is 6.58 Å². The highest BCUT2D eigenvalue weighted by Crippen LogP contribution is 2.36. The molecule has 0 spiro atoms. The fraction of sp³-hybridized carbons (Fsp3) is 0.200. The van der Waals surface area contributed by atoms with Crippen LogP contribution in [0.15, 0.2) is 71.0 Å². The summed E-state index contributed by atoms with van der Waals surface area (Å²) >= 11 is 0. The Kier molecular flexibility index (Phi) is 4.27. The number of halogens is 1. The predicted octanol–water partition coefficient (Wildman–Crippen LogP) is 2.97. The van der Waals surface area contributed by atoms with Crippen molar-refractivity contribution in [3.63, 3.8) is 0 Å². The van der Waals surface area contributed by atoms with Crippen LogP contribution in [0.1, 0.15) is 17.4 Å². The summed E-state index contributed by atoms with van der Waals surface area (Å²) in [7, 11) is 0. The van der Waals surface area contributed by atoms with Crippen LogP contribution >= 0.6 is 0 Å². The molecule has 0 saturated heterocycles. The van der Waals surface area contributed by atoms with Crippen LogP contribution in [-0.2, 0) is 11.3 Å². The van der Waals surface area contributed by atoms with Gasteiger partial charge < -0.3 is 14.6 Å². The molecule has 3 heterocycles. The lowest BCUT2D eigenvalue weighted by Gasteiger charge is -2.33. The molecule has 2 aliphatic rings. The number of hydrogen-bond acceptors (Lipinski definition) is 3. The summed E-state index contributed by atoms with van der Waals surface area (Å²) in [6.07, 6.45) is 3.17. The Morgan fingerprint density at radius 2 is 2.04 bits per heavy atom. The van der Waals surface area contributed by atoms with Gasteiger partial charge in [-0.2, -0.15) is 0 Å². The lowest BCUT2D eigenvalue weighted by Crippen LogP contribution is -2.47. The van der Waals surface area contributed by atoms with Crippen LogP contribution in [-0.4, -0.2) is 34.8 Å². The van der Waals surface area contributed by atoms with Crippen LogP contribution in [0.3, 0.4) is 0 Å². The highest BCUT2D eigenvalue weighted by atomic mass is 19.1. The molecule has 0 radical (unpaired) electrons. The number of benzene rings is 1. The molecule has 1 atom stereocenters. The quantitative estimate of drug-likeness (QED) is 0.827. The fourth-order valence-electron chi connectivity index (χ4n) is 3.49. The van der Waals surface area contributed by atoms with E-state index in [1.54, 1.807) is 41.5 Å². The van der Waals surface area contributed by atoms with E-state index in [4.69, 9.17) is 4.42 Å². The molecular formula is C20H18FN3O3. The monoisotopic (exact) mass is 367 g/mol. The molecule has 0 saturated carbocycles. The summed E-state index contributed by atoms with van der Waals surface area (Å²) in [4.78, 5) is 28.9. The Morgan fingerprint density at radius 3 is 2.70 bits per heavy atom. The molecule has 1 N–H and O–H groups in total. The van der Waals surface area contributed by atoms with Gasteiger partial charge in [0.05, 0.1) is 36.7 Å². The number of furan rings is 1. The smallest absolute Gasteiger partial charge is 0.322 e. The van der Waals surface area contributed by atoms with Gasteiger partial charge >= 0.3 is 6.03 Å². The molecule has 1 aromatic carbocycles. The molecule has 0 bridgehead atoms. The topological polar surface area (TPSA) is 65.8 Å². The van der Waals surface area contributed by atoms with Crippen LogP contribution in [0.25, 0.3) is 0 Å². The normalized spacial score (nSPS) is 19.4. The molecular weight excluding hydrogens is 349 g/mol. The summed E-state index contributed by atoms with van der Waals surface area (Å²) in [6.45, 7) is 4.59. The number of nitrogens with one attached hydrogen (secondary N) is 1. The minimum atomic E-state index is -0.622. The largest absolute Gasteiger partial charge is 0.467 e. The fourth-order valence-corrected chi connectivity index (χ4v) is 3.49. The maximum Gasteiger partial charge on any atom is 0.322 e. The van der Waals surface area contributed by atoms with E-state index in [2.05, 4.69) is 11.9 Å². The molecule has 3 amide bonds.